The van der Waals surface area contributed by atoms with Gasteiger partial charge < -0.3 is 10.1 Å². The predicted molar refractivity (Wildman–Crippen MR) is 96.8 cm³/mol. The molecule has 24 heavy (non-hydrogen) atoms. The van der Waals surface area contributed by atoms with Gasteiger partial charge in [-0.3, -0.25) is 9.69 Å². The van der Waals surface area contributed by atoms with Crippen molar-refractivity contribution in [3.8, 4) is 5.75 Å². The van der Waals surface area contributed by atoms with Crippen LogP contribution in [-0.2, 0) is 11.3 Å². The Morgan fingerprint density at radius 1 is 1.29 bits per heavy atom. The van der Waals surface area contributed by atoms with Gasteiger partial charge in [-0.15, -0.1) is 0 Å². The van der Waals surface area contributed by atoms with Gasteiger partial charge >= 0.3 is 0 Å². The van der Waals surface area contributed by atoms with Crippen molar-refractivity contribution in [3.05, 3.63) is 57.8 Å². The zero-order chi connectivity index (χ0) is 17.7. The zero-order valence-electron chi connectivity index (χ0n) is 13.9. The van der Waals surface area contributed by atoms with Crippen molar-refractivity contribution < 1.29 is 13.9 Å². The minimum atomic E-state index is -0.404. The maximum Gasteiger partial charge on any atom is 0.238 e. The largest absolute Gasteiger partial charge is 0.494 e. The van der Waals surface area contributed by atoms with Gasteiger partial charge in [0.05, 0.1) is 13.7 Å². The summed E-state index contributed by atoms with van der Waals surface area (Å²) in [6, 6.07) is 10.5. The number of aryl methyl sites for hydroxylation is 1. The van der Waals surface area contributed by atoms with Crippen molar-refractivity contribution in [1.29, 1.82) is 0 Å². The molecule has 128 valence electrons. The van der Waals surface area contributed by atoms with E-state index >= 15 is 0 Å². The summed E-state index contributed by atoms with van der Waals surface area (Å²) in [5, 5.41) is 2.89. The van der Waals surface area contributed by atoms with Crippen LogP contribution in [0, 0.1) is 12.7 Å². The van der Waals surface area contributed by atoms with Crippen molar-refractivity contribution in [2.45, 2.75) is 13.5 Å². The van der Waals surface area contributed by atoms with E-state index in [-0.39, 0.29) is 18.2 Å². The molecule has 0 aromatic heterocycles. The van der Waals surface area contributed by atoms with Gasteiger partial charge in [0.15, 0.2) is 11.6 Å². The van der Waals surface area contributed by atoms with Crippen molar-refractivity contribution in [1.82, 2.24) is 4.90 Å². The number of likely N-dealkylation sites (N-methyl/N-ethyl adjacent to an activating group) is 1. The van der Waals surface area contributed by atoms with Crippen LogP contribution in [0.15, 0.2) is 40.9 Å². The van der Waals surface area contributed by atoms with Crippen LogP contribution >= 0.6 is 15.9 Å². The second-order valence-corrected chi connectivity index (χ2v) is 6.56. The van der Waals surface area contributed by atoms with E-state index in [1.807, 2.05) is 37.1 Å². The Hall–Kier alpha value is -1.92. The van der Waals surface area contributed by atoms with Gasteiger partial charge in [0.1, 0.15) is 0 Å². The summed E-state index contributed by atoms with van der Waals surface area (Å²) in [6.07, 6.45) is 0. The van der Waals surface area contributed by atoms with Crippen molar-refractivity contribution >= 4 is 27.5 Å². The first-order valence-corrected chi connectivity index (χ1v) is 8.25. The Morgan fingerprint density at radius 3 is 2.67 bits per heavy atom. The number of ether oxygens (including phenoxy) is 1. The first-order valence-electron chi connectivity index (χ1n) is 7.46. The molecular weight excluding hydrogens is 375 g/mol. The standard InChI is InChI=1S/C18H20BrFN2O2/c1-12-8-14(19)5-6-16(12)21-18(23)11-22(2)10-13-4-7-17(24-3)15(20)9-13/h4-9H,10-11H2,1-3H3,(H,21,23). The lowest BCUT2D eigenvalue weighted by Crippen LogP contribution is -2.30. The van der Waals surface area contributed by atoms with Gasteiger partial charge in [0.25, 0.3) is 0 Å². The number of halogens is 2. The molecule has 0 radical (unpaired) electrons. The minimum absolute atomic E-state index is 0.114. The first kappa shape index (κ1) is 18.4. The summed E-state index contributed by atoms with van der Waals surface area (Å²) in [6.45, 7) is 2.61. The monoisotopic (exact) mass is 394 g/mol. The minimum Gasteiger partial charge on any atom is -0.494 e. The normalized spacial score (nSPS) is 10.8. The van der Waals surface area contributed by atoms with Crippen LogP contribution in [0.2, 0.25) is 0 Å². The molecule has 0 aliphatic carbocycles. The Bertz CT molecular complexity index is 737. The summed E-state index contributed by atoms with van der Waals surface area (Å²) in [7, 11) is 3.24. The van der Waals surface area contributed by atoms with Crippen LogP contribution in [0.5, 0.6) is 5.75 Å². The number of nitrogens with one attached hydrogen (secondary N) is 1. The van der Waals surface area contributed by atoms with Crippen LogP contribution in [0.25, 0.3) is 0 Å². The summed E-state index contributed by atoms with van der Waals surface area (Å²) in [5.41, 5.74) is 2.55. The number of carbonyl (C=O) groups is 1. The molecule has 0 aliphatic rings. The fourth-order valence-electron chi connectivity index (χ4n) is 2.38. The molecule has 0 atom stereocenters. The van der Waals surface area contributed by atoms with Crippen LogP contribution in [0.3, 0.4) is 0 Å². The number of rotatable bonds is 6. The zero-order valence-corrected chi connectivity index (χ0v) is 15.5. The van der Waals surface area contributed by atoms with Gasteiger partial charge in [-0.25, -0.2) is 4.39 Å². The van der Waals surface area contributed by atoms with Gasteiger partial charge in [-0.1, -0.05) is 22.0 Å². The lowest BCUT2D eigenvalue weighted by atomic mass is 10.2. The van der Waals surface area contributed by atoms with E-state index in [1.165, 1.54) is 13.2 Å². The van der Waals surface area contributed by atoms with Crippen LogP contribution < -0.4 is 10.1 Å². The summed E-state index contributed by atoms with van der Waals surface area (Å²) < 4.78 is 19.6. The third kappa shape index (κ3) is 5.04. The van der Waals surface area contributed by atoms with Crippen LogP contribution in [0.1, 0.15) is 11.1 Å². The molecule has 4 nitrogen and oxygen atoms in total. The molecule has 6 heteroatoms. The van der Waals surface area contributed by atoms with E-state index in [2.05, 4.69) is 21.2 Å². The third-order valence-corrected chi connectivity index (χ3v) is 4.04. The quantitative estimate of drug-likeness (QED) is 0.805. The second kappa shape index (κ2) is 8.26. The molecule has 1 amide bonds. The molecule has 0 bridgehead atoms. The maximum absolute atomic E-state index is 13.7. The predicted octanol–water partition coefficient (Wildman–Crippen LogP) is 3.98. The van der Waals surface area contributed by atoms with Gasteiger partial charge in [-0.2, -0.15) is 0 Å². The van der Waals surface area contributed by atoms with Crippen molar-refractivity contribution in [2.75, 3.05) is 26.0 Å². The Kier molecular flexibility index (Phi) is 6.34. The van der Waals surface area contributed by atoms with Gasteiger partial charge in [0.2, 0.25) is 5.91 Å². The lowest BCUT2D eigenvalue weighted by Gasteiger charge is -2.17. The molecular formula is C18H20BrFN2O2. The first-order chi connectivity index (χ1) is 11.4. The van der Waals surface area contributed by atoms with Crippen LogP contribution in [-0.4, -0.2) is 31.5 Å². The number of hydrogen-bond donors (Lipinski definition) is 1. The molecule has 0 heterocycles. The molecule has 0 aliphatic heterocycles. The van der Waals surface area contributed by atoms with E-state index in [0.717, 1.165) is 21.3 Å². The average molecular weight is 395 g/mol. The summed E-state index contributed by atoms with van der Waals surface area (Å²) in [5.74, 6) is -0.305. The Morgan fingerprint density at radius 2 is 2.04 bits per heavy atom. The van der Waals surface area contributed by atoms with E-state index in [9.17, 15) is 9.18 Å². The number of methoxy groups -OCH3 is 1. The molecule has 2 aromatic carbocycles. The van der Waals surface area contributed by atoms with Crippen LogP contribution in [0.4, 0.5) is 10.1 Å². The topological polar surface area (TPSA) is 41.6 Å². The molecule has 2 rings (SSSR count). The number of nitrogens with zero attached hydrogens (tertiary/aromatic N) is 1. The molecule has 2 aromatic rings. The highest BCUT2D eigenvalue weighted by Gasteiger charge is 2.10. The smallest absolute Gasteiger partial charge is 0.238 e. The summed E-state index contributed by atoms with van der Waals surface area (Å²) in [4.78, 5) is 14.0. The molecule has 0 spiro atoms. The number of hydrogen-bond acceptors (Lipinski definition) is 3. The van der Waals surface area contributed by atoms with E-state index in [1.54, 1.807) is 12.1 Å². The van der Waals surface area contributed by atoms with E-state index < -0.39 is 5.82 Å². The highest BCUT2D eigenvalue weighted by Crippen LogP contribution is 2.20. The number of anilines is 1. The fourth-order valence-corrected chi connectivity index (χ4v) is 2.85. The molecule has 0 fully saturated rings. The van der Waals surface area contributed by atoms with E-state index in [0.29, 0.717) is 6.54 Å². The molecule has 0 saturated heterocycles. The molecule has 1 N–H and O–H groups in total. The number of carbonyl (C=O) groups excluding carboxylic acids is 1. The number of benzene rings is 2. The van der Waals surface area contributed by atoms with Gasteiger partial charge in [0, 0.05) is 16.7 Å². The number of amides is 1. The van der Waals surface area contributed by atoms with Crippen molar-refractivity contribution in [3.63, 3.8) is 0 Å². The molecule has 0 saturated carbocycles. The lowest BCUT2D eigenvalue weighted by molar-refractivity contribution is -0.117. The Balaban J connectivity index is 1.92. The SMILES string of the molecule is COc1ccc(CN(C)CC(=O)Nc2ccc(Br)cc2C)cc1F. The maximum atomic E-state index is 13.7. The third-order valence-electron chi connectivity index (χ3n) is 3.54. The van der Waals surface area contributed by atoms with Crippen molar-refractivity contribution in [2.24, 2.45) is 0 Å². The highest BCUT2D eigenvalue weighted by molar-refractivity contribution is 9.10. The van der Waals surface area contributed by atoms with E-state index in [4.69, 9.17) is 4.74 Å². The van der Waals surface area contributed by atoms with Gasteiger partial charge in [-0.05, 0) is 55.4 Å². The highest BCUT2D eigenvalue weighted by atomic mass is 79.9. The average Bonchev–Trinajstić information content (AvgIpc) is 2.50. The second-order valence-electron chi connectivity index (χ2n) is 5.65. The fraction of sp³-hybridized carbons (Fsp3) is 0.278. The Labute approximate surface area is 149 Å². The summed E-state index contributed by atoms with van der Waals surface area (Å²) >= 11 is 3.40. The molecule has 0 unspecified atom stereocenters.